The molecule has 2 aromatic rings. The Hall–Kier alpha value is -1.95. The summed E-state index contributed by atoms with van der Waals surface area (Å²) in [7, 11) is 0. The van der Waals surface area contributed by atoms with Gasteiger partial charge in [0.2, 0.25) is 0 Å². The minimum absolute atomic E-state index is 0.150. The molecular formula is C18H20BrN3O2. The van der Waals surface area contributed by atoms with Crippen molar-refractivity contribution in [1.82, 2.24) is 9.78 Å². The Labute approximate surface area is 149 Å². The third-order valence-corrected chi connectivity index (χ3v) is 4.71. The van der Waals surface area contributed by atoms with Gasteiger partial charge in [-0.3, -0.25) is 9.59 Å². The first-order valence-electron chi connectivity index (χ1n) is 8.28. The number of aryl methyl sites for hydroxylation is 2. The molecule has 1 aliphatic heterocycles. The van der Waals surface area contributed by atoms with Crippen molar-refractivity contribution >= 4 is 27.5 Å². The molecular weight excluding hydrogens is 370 g/mol. The van der Waals surface area contributed by atoms with Gasteiger partial charge in [-0.1, -0.05) is 29.3 Å². The number of anilines is 1. The molecule has 0 saturated heterocycles. The lowest BCUT2D eigenvalue weighted by atomic mass is 10.0. The molecule has 0 fully saturated rings. The van der Waals surface area contributed by atoms with Gasteiger partial charge in [0.25, 0.3) is 11.5 Å². The number of amides is 1. The van der Waals surface area contributed by atoms with E-state index in [-0.39, 0.29) is 11.5 Å². The van der Waals surface area contributed by atoms with Gasteiger partial charge < -0.3 is 4.90 Å². The highest BCUT2D eigenvalue weighted by Gasteiger charge is 2.25. The molecule has 0 radical (unpaired) electrons. The lowest BCUT2D eigenvalue weighted by Crippen LogP contribution is -2.37. The van der Waals surface area contributed by atoms with E-state index in [0.29, 0.717) is 18.8 Å². The number of halogens is 1. The van der Waals surface area contributed by atoms with Crippen molar-refractivity contribution in [2.45, 2.75) is 39.2 Å². The number of benzene rings is 1. The summed E-state index contributed by atoms with van der Waals surface area (Å²) in [6.45, 7) is 3.27. The number of rotatable bonds is 4. The van der Waals surface area contributed by atoms with Crippen molar-refractivity contribution in [2.75, 3.05) is 11.4 Å². The molecule has 3 rings (SSSR count). The van der Waals surface area contributed by atoms with Crippen LogP contribution in [0.4, 0.5) is 5.69 Å². The van der Waals surface area contributed by atoms with Crippen LogP contribution < -0.4 is 10.5 Å². The summed E-state index contributed by atoms with van der Waals surface area (Å²) < 4.78 is 2.41. The topological polar surface area (TPSA) is 55.2 Å². The fourth-order valence-corrected chi connectivity index (χ4v) is 3.35. The van der Waals surface area contributed by atoms with Crippen LogP contribution in [0.1, 0.15) is 42.2 Å². The highest BCUT2D eigenvalue weighted by Crippen LogP contribution is 2.30. The summed E-state index contributed by atoms with van der Waals surface area (Å²) in [4.78, 5) is 26.6. The number of aromatic nitrogens is 2. The van der Waals surface area contributed by atoms with Crippen LogP contribution in [0.2, 0.25) is 0 Å². The SMILES string of the molecule is CCCCn1nc(C(=O)N2CCCc3cc(Br)ccc32)ccc1=O. The van der Waals surface area contributed by atoms with E-state index >= 15 is 0 Å². The summed E-state index contributed by atoms with van der Waals surface area (Å²) in [5.41, 5.74) is 2.25. The monoisotopic (exact) mass is 389 g/mol. The second-order valence-corrected chi connectivity index (χ2v) is 6.88. The maximum atomic E-state index is 12.9. The number of hydrogen-bond acceptors (Lipinski definition) is 3. The van der Waals surface area contributed by atoms with Gasteiger partial charge in [0.05, 0.1) is 0 Å². The van der Waals surface area contributed by atoms with Crippen LogP contribution in [0.5, 0.6) is 0 Å². The van der Waals surface area contributed by atoms with Gasteiger partial charge in [-0.2, -0.15) is 5.10 Å². The van der Waals surface area contributed by atoms with Crippen molar-refractivity contribution in [3.05, 3.63) is 56.4 Å². The minimum Gasteiger partial charge on any atom is -0.307 e. The first kappa shape index (κ1) is 16.9. The molecule has 1 amide bonds. The van der Waals surface area contributed by atoms with Gasteiger partial charge in [0.15, 0.2) is 0 Å². The zero-order chi connectivity index (χ0) is 17.1. The van der Waals surface area contributed by atoms with Gasteiger partial charge in [-0.25, -0.2) is 4.68 Å². The number of nitrogens with zero attached hydrogens (tertiary/aromatic N) is 3. The number of unbranched alkanes of at least 4 members (excludes halogenated alkanes) is 1. The third-order valence-electron chi connectivity index (χ3n) is 4.21. The Morgan fingerprint density at radius 3 is 2.92 bits per heavy atom. The number of carbonyl (C=O) groups excluding carboxylic acids is 1. The average Bonchev–Trinajstić information content (AvgIpc) is 2.59. The maximum absolute atomic E-state index is 12.9. The summed E-state index contributed by atoms with van der Waals surface area (Å²) in [5, 5.41) is 4.28. The summed E-state index contributed by atoms with van der Waals surface area (Å²) in [6, 6.07) is 8.93. The van der Waals surface area contributed by atoms with E-state index in [1.807, 2.05) is 12.1 Å². The van der Waals surface area contributed by atoms with Gasteiger partial charge in [-0.05, 0) is 49.1 Å². The van der Waals surface area contributed by atoms with Crippen molar-refractivity contribution in [2.24, 2.45) is 0 Å². The quantitative estimate of drug-likeness (QED) is 0.804. The molecule has 1 aromatic heterocycles. The Bertz CT molecular complexity index is 816. The molecule has 1 aliphatic rings. The van der Waals surface area contributed by atoms with E-state index in [4.69, 9.17) is 0 Å². The first-order chi connectivity index (χ1) is 11.6. The lowest BCUT2D eigenvalue weighted by molar-refractivity contribution is 0.0977. The molecule has 1 aromatic carbocycles. The predicted molar refractivity (Wildman–Crippen MR) is 97.5 cm³/mol. The fourth-order valence-electron chi connectivity index (χ4n) is 2.95. The molecule has 2 heterocycles. The molecule has 0 bridgehead atoms. The lowest BCUT2D eigenvalue weighted by Gasteiger charge is -2.29. The molecule has 0 spiro atoms. The van der Waals surface area contributed by atoms with Gasteiger partial charge in [0.1, 0.15) is 5.69 Å². The first-order valence-corrected chi connectivity index (χ1v) is 9.08. The standard InChI is InChI=1S/C18H20BrN3O2/c1-2-3-11-22-17(23)9-7-15(20-22)18(24)21-10-4-5-13-12-14(19)6-8-16(13)21/h6-9,12H,2-5,10-11H2,1H3. The maximum Gasteiger partial charge on any atom is 0.278 e. The van der Waals surface area contributed by atoms with E-state index in [2.05, 4.69) is 34.0 Å². The predicted octanol–water partition coefficient (Wildman–Crippen LogP) is 3.40. The van der Waals surface area contributed by atoms with Crippen LogP contribution >= 0.6 is 15.9 Å². The molecule has 0 N–H and O–H groups in total. The van der Waals surface area contributed by atoms with E-state index in [1.165, 1.54) is 16.8 Å². The van der Waals surface area contributed by atoms with Crippen LogP contribution in [-0.2, 0) is 13.0 Å². The Morgan fingerprint density at radius 1 is 1.29 bits per heavy atom. The fraction of sp³-hybridized carbons (Fsp3) is 0.389. The van der Waals surface area contributed by atoms with E-state index < -0.39 is 0 Å². The summed E-state index contributed by atoms with van der Waals surface area (Å²) in [6.07, 6.45) is 3.72. The number of carbonyl (C=O) groups is 1. The molecule has 0 atom stereocenters. The van der Waals surface area contributed by atoms with Crippen LogP contribution in [0.3, 0.4) is 0 Å². The Balaban J connectivity index is 1.92. The van der Waals surface area contributed by atoms with Gasteiger partial charge in [-0.15, -0.1) is 0 Å². The summed E-state index contributed by atoms with van der Waals surface area (Å²) >= 11 is 3.48. The average molecular weight is 390 g/mol. The van der Waals surface area contributed by atoms with Crippen LogP contribution in [-0.4, -0.2) is 22.2 Å². The Kier molecular flexibility index (Phi) is 5.14. The van der Waals surface area contributed by atoms with Gasteiger partial charge >= 0.3 is 0 Å². The number of hydrogen-bond donors (Lipinski definition) is 0. The highest BCUT2D eigenvalue weighted by atomic mass is 79.9. The van der Waals surface area contributed by atoms with Crippen LogP contribution in [0.15, 0.2) is 39.6 Å². The Morgan fingerprint density at radius 2 is 2.12 bits per heavy atom. The van der Waals surface area contributed by atoms with E-state index in [1.54, 1.807) is 4.90 Å². The second-order valence-electron chi connectivity index (χ2n) is 5.97. The smallest absolute Gasteiger partial charge is 0.278 e. The van der Waals surface area contributed by atoms with Crippen molar-refractivity contribution < 1.29 is 4.79 Å². The van der Waals surface area contributed by atoms with E-state index in [0.717, 1.165) is 41.4 Å². The largest absolute Gasteiger partial charge is 0.307 e. The summed E-state index contributed by atoms with van der Waals surface area (Å²) in [5.74, 6) is -0.150. The van der Waals surface area contributed by atoms with Crippen molar-refractivity contribution in [3.63, 3.8) is 0 Å². The normalized spacial score (nSPS) is 13.7. The molecule has 0 saturated carbocycles. The second kappa shape index (κ2) is 7.30. The molecule has 126 valence electrons. The van der Waals surface area contributed by atoms with Crippen molar-refractivity contribution in [3.8, 4) is 0 Å². The van der Waals surface area contributed by atoms with Gasteiger partial charge in [0, 0.05) is 29.3 Å². The molecule has 0 aliphatic carbocycles. The number of fused-ring (bicyclic) bond motifs is 1. The minimum atomic E-state index is -0.164. The molecule has 5 nitrogen and oxygen atoms in total. The van der Waals surface area contributed by atoms with E-state index in [9.17, 15) is 9.59 Å². The van der Waals surface area contributed by atoms with Crippen LogP contribution in [0, 0.1) is 0 Å². The third kappa shape index (κ3) is 3.43. The van der Waals surface area contributed by atoms with Crippen LogP contribution in [0.25, 0.3) is 0 Å². The zero-order valence-electron chi connectivity index (χ0n) is 13.7. The molecule has 0 unspecified atom stereocenters. The zero-order valence-corrected chi connectivity index (χ0v) is 15.3. The molecule has 24 heavy (non-hydrogen) atoms. The highest BCUT2D eigenvalue weighted by molar-refractivity contribution is 9.10. The molecule has 6 heteroatoms. The van der Waals surface area contributed by atoms with Crippen molar-refractivity contribution in [1.29, 1.82) is 0 Å².